The molecule has 3 aromatic rings. The van der Waals surface area contributed by atoms with Crippen molar-refractivity contribution in [2.24, 2.45) is 0 Å². The van der Waals surface area contributed by atoms with Crippen LogP contribution in [0.2, 0.25) is 0 Å². The number of allylic oxidation sites excluding steroid dienone is 2. The van der Waals surface area contributed by atoms with Crippen molar-refractivity contribution in [3.8, 4) is 11.5 Å². The summed E-state index contributed by atoms with van der Waals surface area (Å²) in [6, 6.07) is 18.2. The van der Waals surface area contributed by atoms with Crippen LogP contribution in [0.15, 0.2) is 95.8 Å². The summed E-state index contributed by atoms with van der Waals surface area (Å²) in [4.78, 5) is 26.7. The largest absolute Gasteiger partial charge is 0.489 e. The number of carbonyl (C=O) groups is 2. The zero-order valence-electron chi connectivity index (χ0n) is 28.7. The summed E-state index contributed by atoms with van der Waals surface area (Å²) in [5.74, 6) is 0.365. The summed E-state index contributed by atoms with van der Waals surface area (Å²) >= 11 is 1.72. The van der Waals surface area contributed by atoms with Gasteiger partial charge in [-0.1, -0.05) is 100 Å². The van der Waals surface area contributed by atoms with Crippen LogP contribution in [-0.4, -0.2) is 63.8 Å². The van der Waals surface area contributed by atoms with Gasteiger partial charge in [0.15, 0.2) is 12.2 Å². The number of unbranched alkanes of at least 4 members (excludes halogenated alkanes) is 2. The van der Waals surface area contributed by atoms with Crippen LogP contribution < -0.4 is 9.47 Å². The number of hydrogen-bond acceptors (Lipinski definition) is 9. The quantitative estimate of drug-likeness (QED) is 0.0589. The maximum Gasteiger partial charge on any atom is 0.330 e. The van der Waals surface area contributed by atoms with Gasteiger partial charge in [0.05, 0.1) is 13.2 Å². The predicted molar refractivity (Wildman–Crippen MR) is 194 cm³/mol. The monoisotopic (exact) mass is 688 g/mol. The first-order chi connectivity index (χ1) is 24.0. The lowest BCUT2D eigenvalue weighted by atomic mass is 9.90. The lowest BCUT2D eigenvalue weighted by molar-refractivity contribution is -0.148. The summed E-state index contributed by atoms with van der Waals surface area (Å²) < 4.78 is 36.1. The molecule has 0 aromatic heterocycles. The molecule has 9 heteroatoms. The van der Waals surface area contributed by atoms with Gasteiger partial charge in [0.2, 0.25) is 0 Å². The number of thioether (sulfide) groups is 1. The van der Waals surface area contributed by atoms with Gasteiger partial charge in [0.25, 0.3) is 0 Å². The molecule has 49 heavy (non-hydrogen) atoms. The van der Waals surface area contributed by atoms with Gasteiger partial charge in [-0.25, -0.2) is 9.59 Å². The molecule has 0 saturated carbocycles. The molecule has 0 saturated heterocycles. The number of hydrogen-bond donors (Lipinski definition) is 0. The Labute approximate surface area is 294 Å². The Morgan fingerprint density at radius 3 is 1.76 bits per heavy atom. The summed E-state index contributed by atoms with van der Waals surface area (Å²) in [5.41, 5.74) is 1.99. The van der Waals surface area contributed by atoms with E-state index in [-0.39, 0.29) is 26.4 Å². The van der Waals surface area contributed by atoms with Crippen LogP contribution in [0.5, 0.6) is 11.5 Å². The maximum absolute atomic E-state index is 12.2. The Balaban J connectivity index is 1.69. The minimum atomic E-state index is -0.627. The predicted octanol–water partition coefficient (Wildman–Crippen LogP) is 8.20. The molecule has 0 N–H and O–H groups in total. The van der Waals surface area contributed by atoms with Crippen molar-refractivity contribution in [1.29, 1.82) is 0 Å². The average Bonchev–Trinajstić information content (AvgIpc) is 3.13. The number of fused-ring (bicyclic) bond motifs is 2. The molecule has 3 aromatic carbocycles. The normalized spacial score (nSPS) is 13.5. The number of carbonyl (C=O) groups excluding carboxylic acids is 2. The first kappa shape index (κ1) is 37.8. The first-order valence-corrected chi connectivity index (χ1v) is 17.8. The Morgan fingerprint density at radius 2 is 1.24 bits per heavy atom. The standard InChI is InChI=1S/C40H48O8S/c1-5-9-22-43-25-29(47-37(41)7-3)27-45-39-33-18-14-15-19-34(33)40(46-28-30(48-38(42)8-4)26-44-23-10-6-2)36-24-32(20-21-35(36)39)49-31-16-12-11-13-17-31/h7-8,11-20,29-30H,3-6,9-10,21-28H2,1-2H3. The molecule has 1 aliphatic rings. The van der Waals surface area contributed by atoms with E-state index in [1.807, 2.05) is 42.5 Å². The topological polar surface area (TPSA) is 89.5 Å². The lowest BCUT2D eigenvalue weighted by Crippen LogP contribution is -2.30. The van der Waals surface area contributed by atoms with E-state index >= 15 is 0 Å². The van der Waals surface area contributed by atoms with Crippen molar-refractivity contribution in [3.05, 3.63) is 102 Å². The van der Waals surface area contributed by atoms with E-state index in [1.54, 1.807) is 11.8 Å². The third-order valence-electron chi connectivity index (χ3n) is 7.82. The van der Waals surface area contributed by atoms with Gasteiger partial charge < -0.3 is 28.4 Å². The van der Waals surface area contributed by atoms with E-state index in [2.05, 4.69) is 45.2 Å². The number of rotatable bonds is 22. The van der Waals surface area contributed by atoms with Crippen molar-refractivity contribution in [1.82, 2.24) is 0 Å². The number of benzene rings is 3. The second-order valence-corrected chi connectivity index (χ2v) is 12.8. The summed E-state index contributed by atoms with van der Waals surface area (Å²) in [7, 11) is 0. The molecule has 0 fully saturated rings. The summed E-state index contributed by atoms with van der Waals surface area (Å²) in [5, 5.41) is 1.73. The van der Waals surface area contributed by atoms with Gasteiger partial charge >= 0.3 is 11.9 Å². The minimum Gasteiger partial charge on any atom is -0.489 e. The van der Waals surface area contributed by atoms with Crippen LogP contribution in [0, 0.1) is 0 Å². The van der Waals surface area contributed by atoms with Gasteiger partial charge in [0.1, 0.15) is 24.7 Å². The molecular weight excluding hydrogens is 640 g/mol. The number of esters is 2. The molecule has 0 aliphatic heterocycles. The molecule has 0 bridgehead atoms. The van der Waals surface area contributed by atoms with E-state index in [0.717, 1.165) is 64.6 Å². The highest BCUT2D eigenvalue weighted by Crippen LogP contribution is 2.46. The minimum absolute atomic E-state index is 0.0991. The zero-order chi connectivity index (χ0) is 34.8. The molecule has 2 atom stereocenters. The average molecular weight is 689 g/mol. The van der Waals surface area contributed by atoms with E-state index in [4.69, 9.17) is 28.4 Å². The van der Waals surface area contributed by atoms with Crippen LogP contribution in [0.3, 0.4) is 0 Å². The van der Waals surface area contributed by atoms with Crippen LogP contribution in [0.4, 0.5) is 0 Å². The van der Waals surface area contributed by atoms with Crippen molar-refractivity contribution in [3.63, 3.8) is 0 Å². The van der Waals surface area contributed by atoms with Crippen molar-refractivity contribution in [2.45, 2.75) is 69.5 Å². The van der Waals surface area contributed by atoms with Gasteiger partial charge in [0, 0.05) is 58.6 Å². The summed E-state index contributed by atoms with van der Waals surface area (Å²) in [6.07, 6.45) is 8.33. The Morgan fingerprint density at radius 1 is 0.735 bits per heavy atom. The Bertz CT molecular complexity index is 1570. The van der Waals surface area contributed by atoms with Crippen LogP contribution in [-0.2, 0) is 41.4 Å². The van der Waals surface area contributed by atoms with Crippen molar-refractivity contribution in [2.75, 3.05) is 39.6 Å². The van der Waals surface area contributed by atoms with E-state index in [0.29, 0.717) is 37.6 Å². The van der Waals surface area contributed by atoms with Crippen molar-refractivity contribution < 1.29 is 38.0 Å². The maximum atomic E-state index is 12.2. The number of ether oxygens (including phenoxy) is 6. The third-order valence-corrected chi connectivity index (χ3v) is 8.90. The van der Waals surface area contributed by atoms with Crippen LogP contribution >= 0.6 is 11.8 Å². The summed E-state index contributed by atoms with van der Waals surface area (Å²) in [6.45, 7) is 13.0. The molecule has 4 rings (SSSR count). The van der Waals surface area contributed by atoms with Crippen LogP contribution in [0.1, 0.15) is 50.7 Å². The highest BCUT2D eigenvalue weighted by Gasteiger charge is 2.27. The second kappa shape index (κ2) is 20.5. The Kier molecular flexibility index (Phi) is 15.8. The van der Waals surface area contributed by atoms with Gasteiger partial charge in [-0.05, 0) is 36.3 Å². The molecule has 1 aliphatic carbocycles. The van der Waals surface area contributed by atoms with E-state index < -0.39 is 24.1 Å². The van der Waals surface area contributed by atoms with Gasteiger partial charge in [-0.3, -0.25) is 0 Å². The molecule has 0 radical (unpaired) electrons. The van der Waals surface area contributed by atoms with Gasteiger partial charge in [-0.15, -0.1) is 0 Å². The smallest absolute Gasteiger partial charge is 0.330 e. The first-order valence-electron chi connectivity index (χ1n) is 17.0. The van der Waals surface area contributed by atoms with E-state index in [9.17, 15) is 9.59 Å². The molecule has 2 unspecified atom stereocenters. The van der Waals surface area contributed by atoms with E-state index in [1.165, 1.54) is 4.91 Å². The lowest BCUT2D eigenvalue weighted by Gasteiger charge is -2.27. The molecule has 8 nitrogen and oxygen atoms in total. The SMILES string of the molecule is C=CC(=O)OC(COCCCC)COc1c2c(c(OCC(COCCCC)OC(=O)C=C)c3ccccc13)CC(Sc1ccccc1)=CC2. The third kappa shape index (κ3) is 11.5. The van der Waals surface area contributed by atoms with Crippen molar-refractivity contribution >= 4 is 34.5 Å². The molecule has 0 amide bonds. The molecule has 0 heterocycles. The molecular formula is C40H48O8S. The fourth-order valence-electron chi connectivity index (χ4n) is 5.32. The zero-order valence-corrected chi connectivity index (χ0v) is 29.5. The van der Waals surface area contributed by atoms with Crippen LogP contribution in [0.25, 0.3) is 10.8 Å². The highest BCUT2D eigenvalue weighted by atomic mass is 32.2. The van der Waals surface area contributed by atoms with Gasteiger partial charge in [-0.2, -0.15) is 0 Å². The fraction of sp³-hybridized carbons (Fsp3) is 0.400. The Hall–Kier alpha value is -4.05. The second-order valence-electron chi connectivity index (χ2n) is 11.6. The fourth-order valence-corrected chi connectivity index (χ4v) is 6.30. The highest BCUT2D eigenvalue weighted by molar-refractivity contribution is 8.03. The molecule has 0 spiro atoms. The molecule has 262 valence electrons.